The van der Waals surface area contributed by atoms with Crippen molar-refractivity contribution in [1.29, 1.82) is 0 Å². The lowest BCUT2D eigenvalue weighted by Gasteiger charge is -2.29. The van der Waals surface area contributed by atoms with Gasteiger partial charge in [0.1, 0.15) is 11.6 Å². The Bertz CT molecular complexity index is 961. The summed E-state index contributed by atoms with van der Waals surface area (Å²) in [6.45, 7) is 3.49. The van der Waals surface area contributed by atoms with E-state index in [4.69, 9.17) is 4.74 Å². The number of carbonyl (C=O) groups is 1. The number of carbonyl (C=O) groups excluding carboxylic acids is 1. The van der Waals surface area contributed by atoms with Gasteiger partial charge in [0.05, 0.1) is 18.1 Å². The van der Waals surface area contributed by atoms with Gasteiger partial charge in [-0.25, -0.2) is 4.98 Å². The first kappa shape index (κ1) is 16.6. The van der Waals surface area contributed by atoms with Crippen LogP contribution >= 0.6 is 0 Å². The van der Waals surface area contributed by atoms with Crippen LogP contribution in [0.25, 0.3) is 11.0 Å². The maximum absolute atomic E-state index is 12.7. The molecule has 1 aliphatic rings. The fourth-order valence-corrected chi connectivity index (χ4v) is 3.60. The molecule has 26 heavy (non-hydrogen) atoms. The average molecular weight is 349 g/mol. The number of benzene rings is 2. The van der Waals surface area contributed by atoms with Crippen molar-refractivity contribution in [2.45, 2.75) is 32.7 Å². The highest BCUT2D eigenvalue weighted by Gasteiger charge is 2.21. The highest BCUT2D eigenvalue weighted by Crippen LogP contribution is 2.24. The van der Waals surface area contributed by atoms with Crippen LogP contribution in [0.3, 0.4) is 0 Å². The number of fused-ring (bicyclic) bond motifs is 2. The summed E-state index contributed by atoms with van der Waals surface area (Å²) < 4.78 is 5.30. The number of H-pyrrole nitrogens is 1. The second-order valence-electron chi connectivity index (χ2n) is 6.85. The van der Waals surface area contributed by atoms with Gasteiger partial charge in [0.15, 0.2) is 0 Å². The third kappa shape index (κ3) is 3.17. The largest absolute Gasteiger partial charge is 0.497 e. The van der Waals surface area contributed by atoms with E-state index in [1.165, 1.54) is 11.1 Å². The van der Waals surface area contributed by atoms with Crippen LogP contribution in [0.5, 0.6) is 5.75 Å². The van der Waals surface area contributed by atoms with E-state index >= 15 is 0 Å². The van der Waals surface area contributed by atoms with Gasteiger partial charge < -0.3 is 14.6 Å². The van der Waals surface area contributed by atoms with Gasteiger partial charge in [-0.15, -0.1) is 0 Å². The van der Waals surface area contributed by atoms with E-state index < -0.39 is 0 Å². The number of amides is 1. The minimum absolute atomic E-state index is 0.177. The van der Waals surface area contributed by atoms with Crippen molar-refractivity contribution in [3.63, 3.8) is 0 Å². The first-order valence-corrected chi connectivity index (χ1v) is 9.02. The van der Waals surface area contributed by atoms with Crippen molar-refractivity contribution >= 4 is 16.9 Å². The molecule has 0 radical (unpaired) electrons. The van der Waals surface area contributed by atoms with Gasteiger partial charge in [0, 0.05) is 25.9 Å². The number of para-hydroxylation sites is 1. The molecule has 5 nitrogen and oxygen atoms in total. The number of aryl methyl sites for hydroxylation is 2. The zero-order chi connectivity index (χ0) is 18.1. The molecule has 4 rings (SSSR count). The maximum Gasteiger partial charge on any atom is 0.223 e. The molecule has 5 heteroatoms. The Morgan fingerprint density at radius 3 is 2.96 bits per heavy atom. The molecule has 1 amide bonds. The highest BCUT2D eigenvalue weighted by atomic mass is 16.5. The van der Waals surface area contributed by atoms with Crippen LogP contribution in [0.4, 0.5) is 0 Å². The lowest BCUT2D eigenvalue weighted by Crippen LogP contribution is -2.36. The zero-order valence-electron chi connectivity index (χ0n) is 15.2. The standard InChI is InChI=1S/C21H23N3O2/c1-14-4-3-5-18-21(14)23-19(22-18)8-9-20(25)24-11-10-15-6-7-17(26-2)12-16(15)13-24/h3-7,12H,8-11,13H2,1-2H3,(H,22,23). The zero-order valence-corrected chi connectivity index (χ0v) is 15.2. The van der Waals surface area contributed by atoms with E-state index in [-0.39, 0.29) is 5.91 Å². The number of methoxy groups -OCH3 is 1. The Morgan fingerprint density at radius 1 is 1.27 bits per heavy atom. The Hall–Kier alpha value is -2.82. The minimum Gasteiger partial charge on any atom is -0.497 e. The van der Waals surface area contributed by atoms with Gasteiger partial charge in [0.2, 0.25) is 5.91 Å². The lowest BCUT2D eigenvalue weighted by molar-refractivity contribution is -0.132. The summed E-state index contributed by atoms with van der Waals surface area (Å²) in [6, 6.07) is 12.2. The number of rotatable bonds is 4. The molecule has 0 fully saturated rings. The van der Waals surface area contributed by atoms with Gasteiger partial charge in [0.25, 0.3) is 0 Å². The molecule has 0 spiro atoms. The third-order valence-corrected chi connectivity index (χ3v) is 5.12. The fourth-order valence-electron chi connectivity index (χ4n) is 3.60. The average Bonchev–Trinajstić information content (AvgIpc) is 3.09. The predicted octanol–water partition coefficient (Wildman–Crippen LogP) is 3.40. The Kier molecular flexibility index (Phi) is 4.37. The molecule has 1 aliphatic heterocycles. The lowest BCUT2D eigenvalue weighted by atomic mass is 9.99. The van der Waals surface area contributed by atoms with Crippen LogP contribution in [-0.4, -0.2) is 34.4 Å². The number of nitrogens with one attached hydrogen (secondary N) is 1. The van der Waals surface area contributed by atoms with E-state index in [1.807, 2.05) is 29.2 Å². The van der Waals surface area contributed by atoms with Crippen LogP contribution in [0.2, 0.25) is 0 Å². The summed E-state index contributed by atoms with van der Waals surface area (Å²) in [5.41, 5.74) is 5.67. The number of aromatic nitrogens is 2. The fraction of sp³-hybridized carbons (Fsp3) is 0.333. The molecule has 0 aliphatic carbocycles. The van der Waals surface area contributed by atoms with E-state index in [9.17, 15) is 4.79 Å². The summed E-state index contributed by atoms with van der Waals surface area (Å²) >= 11 is 0. The van der Waals surface area contributed by atoms with E-state index in [2.05, 4.69) is 29.0 Å². The molecule has 1 N–H and O–H groups in total. The van der Waals surface area contributed by atoms with Gasteiger partial charge in [-0.1, -0.05) is 18.2 Å². The second-order valence-corrected chi connectivity index (χ2v) is 6.85. The Morgan fingerprint density at radius 2 is 2.15 bits per heavy atom. The normalized spacial score (nSPS) is 13.7. The van der Waals surface area contributed by atoms with Crippen molar-refractivity contribution in [1.82, 2.24) is 14.9 Å². The molecular weight excluding hydrogens is 326 g/mol. The highest BCUT2D eigenvalue weighted by molar-refractivity contribution is 5.79. The molecule has 134 valence electrons. The summed E-state index contributed by atoms with van der Waals surface area (Å²) in [4.78, 5) is 22.6. The topological polar surface area (TPSA) is 58.2 Å². The van der Waals surface area contributed by atoms with Crippen LogP contribution in [-0.2, 0) is 24.2 Å². The molecule has 2 heterocycles. The molecule has 1 aromatic heterocycles. The molecule has 0 saturated heterocycles. The van der Waals surface area contributed by atoms with Crippen LogP contribution in [0, 0.1) is 6.92 Å². The number of hydrogen-bond donors (Lipinski definition) is 1. The monoisotopic (exact) mass is 349 g/mol. The van der Waals surface area contributed by atoms with Crippen molar-refractivity contribution in [2.75, 3.05) is 13.7 Å². The van der Waals surface area contributed by atoms with Crippen molar-refractivity contribution in [2.24, 2.45) is 0 Å². The summed E-state index contributed by atoms with van der Waals surface area (Å²) in [7, 11) is 1.67. The number of nitrogens with zero attached hydrogens (tertiary/aromatic N) is 2. The molecule has 0 unspecified atom stereocenters. The maximum atomic E-state index is 12.7. The summed E-state index contributed by atoms with van der Waals surface area (Å²) in [6.07, 6.45) is 2.00. The van der Waals surface area contributed by atoms with Gasteiger partial charge in [-0.2, -0.15) is 0 Å². The molecule has 3 aromatic rings. The number of aromatic amines is 1. The molecule has 0 atom stereocenters. The van der Waals surface area contributed by atoms with Crippen molar-refractivity contribution < 1.29 is 9.53 Å². The minimum atomic E-state index is 0.177. The van der Waals surface area contributed by atoms with Crippen LogP contribution in [0.15, 0.2) is 36.4 Å². The third-order valence-electron chi connectivity index (χ3n) is 5.12. The number of ether oxygens (including phenoxy) is 1. The van der Waals surface area contributed by atoms with E-state index in [0.717, 1.165) is 41.1 Å². The van der Waals surface area contributed by atoms with Crippen LogP contribution < -0.4 is 4.74 Å². The summed E-state index contributed by atoms with van der Waals surface area (Å²) in [5.74, 6) is 1.90. The molecule has 0 bridgehead atoms. The Balaban J connectivity index is 1.42. The van der Waals surface area contributed by atoms with E-state index in [0.29, 0.717) is 19.4 Å². The first-order chi connectivity index (χ1) is 12.6. The predicted molar refractivity (Wildman–Crippen MR) is 101 cm³/mol. The van der Waals surface area contributed by atoms with E-state index in [1.54, 1.807) is 7.11 Å². The van der Waals surface area contributed by atoms with Crippen molar-refractivity contribution in [3.05, 3.63) is 58.9 Å². The Labute approximate surface area is 153 Å². The first-order valence-electron chi connectivity index (χ1n) is 9.02. The molecular formula is C21H23N3O2. The van der Waals surface area contributed by atoms with Crippen molar-refractivity contribution in [3.8, 4) is 5.75 Å². The SMILES string of the molecule is COc1ccc2c(c1)CN(C(=O)CCc1nc3c(C)cccc3[nH]1)CC2. The van der Waals surface area contributed by atoms with Crippen LogP contribution in [0.1, 0.15) is 28.9 Å². The van der Waals surface area contributed by atoms with Gasteiger partial charge in [-0.05, 0) is 48.2 Å². The molecule has 0 saturated carbocycles. The van der Waals surface area contributed by atoms with Gasteiger partial charge in [-0.3, -0.25) is 4.79 Å². The summed E-state index contributed by atoms with van der Waals surface area (Å²) in [5, 5.41) is 0. The number of hydrogen-bond acceptors (Lipinski definition) is 3. The second kappa shape index (κ2) is 6.83. The smallest absolute Gasteiger partial charge is 0.223 e. The number of imidazole rings is 1. The molecule has 2 aromatic carbocycles. The quantitative estimate of drug-likeness (QED) is 0.785. The van der Waals surface area contributed by atoms with Gasteiger partial charge >= 0.3 is 0 Å².